The van der Waals surface area contributed by atoms with E-state index in [0.29, 0.717) is 31.3 Å². The van der Waals surface area contributed by atoms with Gasteiger partial charge in [-0.15, -0.1) is 0 Å². The van der Waals surface area contributed by atoms with E-state index in [9.17, 15) is 19.2 Å². The molecule has 1 aliphatic heterocycles. The lowest BCUT2D eigenvalue weighted by atomic mass is 9.45. The lowest BCUT2D eigenvalue weighted by Crippen LogP contribution is -2.63. The third kappa shape index (κ3) is 4.25. The Morgan fingerprint density at radius 3 is 2.49 bits per heavy atom. The van der Waals surface area contributed by atoms with E-state index in [2.05, 4.69) is 0 Å². The zero-order valence-electron chi connectivity index (χ0n) is 20.5. The van der Waals surface area contributed by atoms with Crippen LogP contribution in [0.15, 0.2) is 34.7 Å². The zero-order chi connectivity index (χ0) is 25.4. The molecule has 0 radical (unpaired) electrons. The van der Waals surface area contributed by atoms with Crippen molar-refractivity contribution in [2.75, 3.05) is 13.2 Å². The highest BCUT2D eigenvalue weighted by Gasteiger charge is 2.70. The van der Waals surface area contributed by atoms with Crippen LogP contribution in [0.5, 0.6) is 0 Å². The average Bonchev–Trinajstić information content (AvgIpc) is 3.43. The Morgan fingerprint density at radius 2 is 1.86 bits per heavy atom. The molecule has 3 aliphatic rings. The van der Waals surface area contributed by atoms with Crippen molar-refractivity contribution < 1.29 is 42.5 Å². The first kappa shape index (κ1) is 25.0. The molecule has 0 unspecified atom stereocenters. The first-order valence-corrected chi connectivity index (χ1v) is 12.0. The molecule has 2 fully saturated rings. The molecule has 190 valence electrons. The van der Waals surface area contributed by atoms with Gasteiger partial charge in [-0.25, -0.2) is 0 Å². The zero-order valence-corrected chi connectivity index (χ0v) is 20.5. The van der Waals surface area contributed by atoms with Crippen LogP contribution >= 0.6 is 0 Å². The minimum absolute atomic E-state index is 0.0461. The molecule has 0 N–H and O–H groups in total. The second-order valence-electron chi connectivity index (χ2n) is 9.89. The van der Waals surface area contributed by atoms with Gasteiger partial charge in [-0.3, -0.25) is 19.2 Å². The first-order chi connectivity index (χ1) is 16.6. The molecule has 0 amide bonds. The van der Waals surface area contributed by atoms with E-state index < -0.39 is 40.9 Å². The van der Waals surface area contributed by atoms with Crippen LogP contribution in [0.25, 0.3) is 0 Å². The number of allylic oxidation sites excluding steroid dienone is 1. The Labute approximate surface area is 204 Å². The van der Waals surface area contributed by atoms with Gasteiger partial charge in [0.05, 0.1) is 23.4 Å². The number of hydrogen-bond donors (Lipinski definition) is 0. The minimum Gasteiger partial charge on any atom is -0.472 e. The Morgan fingerprint density at radius 1 is 1.11 bits per heavy atom. The van der Waals surface area contributed by atoms with Crippen LogP contribution in [0, 0.1) is 22.7 Å². The van der Waals surface area contributed by atoms with E-state index in [0.717, 1.165) is 5.56 Å². The monoisotopic (exact) mass is 488 g/mol. The maximum Gasteiger partial charge on any atom is 0.313 e. The predicted molar refractivity (Wildman–Crippen MR) is 120 cm³/mol. The fourth-order valence-corrected chi connectivity index (χ4v) is 6.56. The molecule has 0 bridgehead atoms. The van der Waals surface area contributed by atoms with Crippen LogP contribution in [0.3, 0.4) is 0 Å². The van der Waals surface area contributed by atoms with Crippen molar-refractivity contribution in [2.45, 2.75) is 65.6 Å². The van der Waals surface area contributed by atoms with Gasteiger partial charge in [0.15, 0.2) is 0 Å². The Bertz CT molecular complexity index is 1030. The first-order valence-electron chi connectivity index (χ1n) is 12.0. The predicted octanol–water partition coefficient (Wildman–Crippen LogP) is 3.67. The van der Waals surface area contributed by atoms with Crippen LogP contribution in [0.1, 0.15) is 65.0 Å². The Hall–Kier alpha value is -3.10. The van der Waals surface area contributed by atoms with Gasteiger partial charge in [-0.1, -0.05) is 13.0 Å². The number of ether oxygens (including phenoxy) is 4. The topological polar surface area (TPSA) is 118 Å². The molecule has 6 atom stereocenters. The molecule has 1 aromatic rings. The highest BCUT2D eigenvalue weighted by atomic mass is 16.6. The molecule has 4 rings (SSSR count). The molecule has 1 spiro atoms. The van der Waals surface area contributed by atoms with Gasteiger partial charge >= 0.3 is 23.9 Å². The van der Waals surface area contributed by atoms with Gasteiger partial charge < -0.3 is 23.4 Å². The Kier molecular flexibility index (Phi) is 6.79. The van der Waals surface area contributed by atoms with Gasteiger partial charge in [0.2, 0.25) is 0 Å². The fraction of sp³-hybridized carbons (Fsp3) is 0.615. The summed E-state index contributed by atoms with van der Waals surface area (Å²) in [7, 11) is 0. The summed E-state index contributed by atoms with van der Waals surface area (Å²) in [5.41, 5.74) is -0.472. The molecular weight excluding hydrogens is 456 g/mol. The summed E-state index contributed by atoms with van der Waals surface area (Å²) < 4.78 is 28.0. The molecule has 9 heteroatoms. The molecule has 1 saturated heterocycles. The van der Waals surface area contributed by atoms with E-state index in [1.54, 1.807) is 18.6 Å². The number of carbonyl (C=O) groups is 4. The summed E-state index contributed by atoms with van der Waals surface area (Å²) in [4.78, 5) is 49.6. The third-order valence-electron chi connectivity index (χ3n) is 8.03. The summed E-state index contributed by atoms with van der Waals surface area (Å²) in [6, 6.07) is 1.78. The van der Waals surface area contributed by atoms with Crippen LogP contribution in [-0.4, -0.2) is 43.2 Å². The summed E-state index contributed by atoms with van der Waals surface area (Å²) in [6.07, 6.45) is 5.95. The average molecular weight is 489 g/mol. The minimum atomic E-state index is -1.04. The fourth-order valence-electron chi connectivity index (χ4n) is 6.56. The normalized spacial score (nSPS) is 33.9. The number of hydrogen-bond acceptors (Lipinski definition) is 9. The van der Waals surface area contributed by atoms with Crippen molar-refractivity contribution in [3.05, 3.63) is 35.8 Å². The molecule has 2 aliphatic carbocycles. The van der Waals surface area contributed by atoms with E-state index in [1.807, 2.05) is 13.0 Å². The second-order valence-corrected chi connectivity index (χ2v) is 9.89. The van der Waals surface area contributed by atoms with Gasteiger partial charge in [-0.2, -0.15) is 0 Å². The number of esters is 4. The van der Waals surface area contributed by atoms with Crippen molar-refractivity contribution >= 4 is 23.9 Å². The van der Waals surface area contributed by atoms with Gasteiger partial charge in [0.1, 0.15) is 25.4 Å². The van der Waals surface area contributed by atoms with Crippen LogP contribution < -0.4 is 0 Å². The lowest BCUT2D eigenvalue weighted by Gasteiger charge is -2.59. The van der Waals surface area contributed by atoms with Crippen molar-refractivity contribution in [1.82, 2.24) is 0 Å². The molecule has 0 aromatic carbocycles. The molecule has 2 heterocycles. The second kappa shape index (κ2) is 9.51. The molecular formula is C26H32O9. The number of fused-ring (bicyclic) bond motifs is 2. The van der Waals surface area contributed by atoms with E-state index in [4.69, 9.17) is 23.4 Å². The summed E-state index contributed by atoms with van der Waals surface area (Å²) in [6.45, 7) is 5.80. The molecule has 1 aromatic heterocycles. The van der Waals surface area contributed by atoms with Crippen molar-refractivity contribution in [2.24, 2.45) is 22.7 Å². The van der Waals surface area contributed by atoms with Crippen molar-refractivity contribution in [3.63, 3.8) is 0 Å². The van der Waals surface area contributed by atoms with Gasteiger partial charge in [-0.05, 0) is 42.7 Å². The molecule has 9 nitrogen and oxygen atoms in total. The number of cyclic esters (lactones) is 1. The van der Waals surface area contributed by atoms with Gasteiger partial charge in [0.25, 0.3) is 0 Å². The smallest absolute Gasteiger partial charge is 0.313 e. The Balaban J connectivity index is 1.84. The van der Waals surface area contributed by atoms with Crippen LogP contribution in [0.2, 0.25) is 0 Å². The van der Waals surface area contributed by atoms with E-state index in [-0.39, 0.29) is 31.0 Å². The van der Waals surface area contributed by atoms with Gasteiger partial charge in [0, 0.05) is 32.8 Å². The lowest BCUT2D eigenvalue weighted by molar-refractivity contribution is -0.197. The maximum absolute atomic E-state index is 13.7. The summed E-state index contributed by atoms with van der Waals surface area (Å²) in [5, 5.41) is 0. The maximum atomic E-state index is 13.7. The molecule has 35 heavy (non-hydrogen) atoms. The molecule has 1 saturated carbocycles. The van der Waals surface area contributed by atoms with Crippen LogP contribution in [0.4, 0.5) is 0 Å². The largest absolute Gasteiger partial charge is 0.472 e. The van der Waals surface area contributed by atoms with E-state index >= 15 is 0 Å². The highest BCUT2D eigenvalue weighted by molar-refractivity contribution is 5.81. The number of carbonyl (C=O) groups excluding carboxylic acids is 4. The SMILES string of the molecule is CC(=O)OCC1=CCC[C@@H]2[C@@]3(C[C@@H](c4ccoc4)OC3=O)[C@H](C)C[C@@H](OC(C)=O)[C@@]12COC(C)=O. The van der Waals surface area contributed by atoms with Crippen molar-refractivity contribution in [1.29, 1.82) is 0 Å². The summed E-state index contributed by atoms with van der Waals surface area (Å²) >= 11 is 0. The number of furan rings is 1. The van der Waals surface area contributed by atoms with Crippen molar-refractivity contribution in [3.8, 4) is 0 Å². The number of rotatable bonds is 6. The highest BCUT2D eigenvalue weighted by Crippen LogP contribution is 2.66. The quantitative estimate of drug-likeness (QED) is 0.336. The standard InChI is InChI=1S/C26H32O9/c1-15-10-23(34-18(4)29)26(14-33-17(3)28)20(13-32-16(2)27)6-5-7-22(26)25(15)11-21(35-24(25)30)19-8-9-31-12-19/h6,8-9,12,15,21-23H,5,7,10-11,13-14H2,1-4H3/t15-,21+,22-,23-,25-,26+/m1/s1. The summed E-state index contributed by atoms with van der Waals surface area (Å²) in [5.74, 6) is -2.29. The third-order valence-corrected chi connectivity index (χ3v) is 8.03. The van der Waals surface area contributed by atoms with Crippen LogP contribution in [-0.2, 0) is 38.1 Å². The van der Waals surface area contributed by atoms with E-state index in [1.165, 1.54) is 20.8 Å².